The molecule has 2 rings (SSSR count). The number of nitrogens with one attached hydrogen (secondary N) is 1. The first-order chi connectivity index (χ1) is 6.16. The van der Waals surface area contributed by atoms with E-state index < -0.39 is 0 Å². The SMILES string of the molecule is CN1CC(=O)Nc2cc(N)cnc21. The molecule has 13 heavy (non-hydrogen) atoms. The molecule has 1 aromatic heterocycles. The molecule has 2 heterocycles. The van der Waals surface area contributed by atoms with Crippen LogP contribution >= 0.6 is 0 Å². The van der Waals surface area contributed by atoms with Crippen molar-refractivity contribution in [2.24, 2.45) is 0 Å². The highest BCUT2D eigenvalue weighted by Gasteiger charge is 2.19. The fourth-order valence-electron chi connectivity index (χ4n) is 1.35. The van der Waals surface area contributed by atoms with Gasteiger partial charge in [0.05, 0.1) is 24.1 Å². The van der Waals surface area contributed by atoms with E-state index in [1.807, 2.05) is 7.05 Å². The Balaban J connectivity index is 2.49. The molecule has 5 nitrogen and oxygen atoms in total. The van der Waals surface area contributed by atoms with Gasteiger partial charge in [-0.05, 0) is 6.07 Å². The second-order valence-corrected chi connectivity index (χ2v) is 3.04. The molecule has 0 unspecified atom stereocenters. The molecule has 1 aromatic rings. The molecular weight excluding hydrogens is 168 g/mol. The van der Waals surface area contributed by atoms with Crippen LogP contribution in [0.4, 0.5) is 17.2 Å². The van der Waals surface area contributed by atoms with Crippen LogP contribution in [0.1, 0.15) is 0 Å². The Labute approximate surface area is 75.6 Å². The lowest BCUT2D eigenvalue weighted by atomic mass is 10.3. The number of aromatic nitrogens is 1. The van der Waals surface area contributed by atoms with Crippen LogP contribution in [0.3, 0.4) is 0 Å². The maximum Gasteiger partial charge on any atom is 0.244 e. The number of amides is 1. The molecule has 0 saturated heterocycles. The molecule has 3 N–H and O–H groups in total. The summed E-state index contributed by atoms with van der Waals surface area (Å²) in [5.41, 5.74) is 6.77. The van der Waals surface area contributed by atoms with Crippen LogP contribution in [0.25, 0.3) is 0 Å². The lowest BCUT2D eigenvalue weighted by Gasteiger charge is -2.25. The summed E-state index contributed by atoms with van der Waals surface area (Å²) in [7, 11) is 1.82. The molecule has 1 amide bonds. The van der Waals surface area contributed by atoms with Crippen molar-refractivity contribution >= 4 is 23.1 Å². The summed E-state index contributed by atoms with van der Waals surface area (Å²) in [6.07, 6.45) is 1.58. The minimum absolute atomic E-state index is 0.0394. The summed E-state index contributed by atoms with van der Waals surface area (Å²) in [4.78, 5) is 17.0. The van der Waals surface area contributed by atoms with Crippen molar-refractivity contribution < 1.29 is 4.79 Å². The van der Waals surface area contributed by atoms with Gasteiger partial charge in [0.2, 0.25) is 5.91 Å². The van der Waals surface area contributed by atoms with Gasteiger partial charge in [0.15, 0.2) is 5.82 Å². The minimum atomic E-state index is -0.0394. The summed E-state index contributed by atoms with van der Waals surface area (Å²) in [6.45, 7) is 0.337. The Hall–Kier alpha value is -1.78. The fourth-order valence-corrected chi connectivity index (χ4v) is 1.35. The monoisotopic (exact) mass is 178 g/mol. The standard InChI is InChI=1S/C8H10N4O/c1-12-4-7(13)11-6-2-5(9)3-10-8(6)12/h2-3H,4,9H2,1H3,(H,11,13). The topological polar surface area (TPSA) is 71.2 Å². The number of fused-ring (bicyclic) bond motifs is 1. The average molecular weight is 178 g/mol. The van der Waals surface area contributed by atoms with Crippen LogP contribution in [0.2, 0.25) is 0 Å². The summed E-state index contributed by atoms with van der Waals surface area (Å²) in [6, 6.07) is 1.70. The van der Waals surface area contributed by atoms with E-state index in [4.69, 9.17) is 5.73 Å². The maximum atomic E-state index is 11.1. The van der Waals surface area contributed by atoms with Gasteiger partial charge in [-0.1, -0.05) is 0 Å². The number of hydrogen-bond acceptors (Lipinski definition) is 4. The van der Waals surface area contributed by atoms with Gasteiger partial charge in [-0.2, -0.15) is 0 Å². The summed E-state index contributed by atoms with van der Waals surface area (Å²) in [5, 5.41) is 2.71. The van der Waals surface area contributed by atoms with Crippen LogP contribution in [0.5, 0.6) is 0 Å². The lowest BCUT2D eigenvalue weighted by Crippen LogP contribution is -2.36. The number of likely N-dealkylation sites (N-methyl/N-ethyl adjacent to an activating group) is 1. The van der Waals surface area contributed by atoms with E-state index in [1.165, 1.54) is 0 Å². The van der Waals surface area contributed by atoms with Gasteiger partial charge < -0.3 is 16.0 Å². The molecule has 68 valence electrons. The number of carbonyl (C=O) groups excluding carboxylic acids is 1. The molecular formula is C8H10N4O. The van der Waals surface area contributed by atoms with Gasteiger partial charge >= 0.3 is 0 Å². The number of pyridine rings is 1. The Morgan fingerprint density at radius 2 is 2.46 bits per heavy atom. The predicted octanol–water partition coefficient (Wildman–Crippen LogP) is 0.0521. The zero-order valence-electron chi connectivity index (χ0n) is 7.24. The molecule has 0 aromatic carbocycles. The van der Waals surface area contributed by atoms with Crippen LogP contribution in [0, 0.1) is 0 Å². The number of nitrogens with zero attached hydrogens (tertiary/aromatic N) is 2. The number of carbonyl (C=O) groups is 1. The van der Waals surface area contributed by atoms with Crippen LogP contribution in [-0.4, -0.2) is 24.5 Å². The third-order valence-electron chi connectivity index (χ3n) is 1.90. The first-order valence-corrected chi connectivity index (χ1v) is 3.93. The highest BCUT2D eigenvalue weighted by molar-refractivity contribution is 6.00. The summed E-state index contributed by atoms with van der Waals surface area (Å²) >= 11 is 0. The van der Waals surface area contributed by atoms with E-state index in [-0.39, 0.29) is 5.91 Å². The third kappa shape index (κ3) is 1.28. The minimum Gasteiger partial charge on any atom is -0.397 e. The molecule has 0 bridgehead atoms. The van der Waals surface area contributed by atoms with Gasteiger partial charge in [0, 0.05) is 7.05 Å². The molecule has 1 aliphatic heterocycles. The number of rotatable bonds is 0. The van der Waals surface area contributed by atoms with Crippen LogP contribution < -0.4 is 16.0 Å². The van der Waals surface area contributed by atoms with E-state index in [0.717, 1.165) is 5.82 Å². The first kappa shape index (κ1) is 7.85. The molecule has 5 heteroatoms. The average Bonchev–Trinajstić information content (AvgIpc) is 2.02. The molecule has 0 aliphatic carbocycles. The van der Waals surface area contributed by atoms with E-state index in [1.54, 1.807) is 17.2 Å². The Bertz CT molecular complexity index is 363. The van der Waals surface area contributed by atoms with E-state index in [0.29, 0.717) is 17.9 Å². The van der Waals surface area contributed by atoms with Crippen molar-refractivity contribution in [2.75, 3.05) is 29.5 Å². The van der Waals surface area contributed by atoms with Crippen molar-refractivity contribution in [2.45, 2.75) is 0 Å². The largest absolute Gasteiger partial charge is 0.397 e. The van der Waals surface area contributed by atoms with Crippen LogP contribution in [0.15, 0.2) is 12.3 Å². The van der Waals surface area contributed by atoms with E-state index >= 15 is 0 Å². The van der Waals surface area contributed by atoms with Gasteiger partial charge in [-0.15, -0.1) is 0 Å². The van der Waals surface area contributed by atoms with Crippen LogP contribution in [-0.2, 0) is 4.79 Å². The molecule has 0 saturated carbocycles. The third-order valence-corrected chi connectivity index (χ3v) is 1.90. The molecule has 0 spiro atoms. The number of anilines is 3. The summed E-state index contributed by atoms with van der Waals surface area (Å²) < 4.78 is 0. The highest BCUT2D eigenvalue weighted by atomic mass is 16.2. The molecule has 0 fully saturated rings. The second kappa shape index (κ2) is 2.62. The highest BCUT2D eigenvalue weighted by Crippen LogP contribution is 2.26. The zero-order chi connectivity index (χ0) is 9.42. The summed E-state index contributed by atoms with van der Waals surface area (Å²) in [5.74, 6) is 0.719. The first-order valence-electron chi connectivity index (χ1n) is 3.93. The lowest BCUT2D eigenvalue weighted by molar-refractivity contribution is -0.115. The number of nitrogens with two attached hydrogens (primary N) is 1. The van der Waals surface area contributed by atoms with Crippen molar-refractivity contribution in [1.29, 1.82) is 0 Å². The number of hydrogen-bond donors (Lipinski definition) is 2. The van der Waals surface area contributed by atoms with Crippen molar-refractivity contribution in [3.63, 3.8) is 0 Å². The predicted molar refractivity (Wildman–Crippen MR) is 50.5 cm³/mol. The Morgan fingerprint density at radius 1 is 1.69 bits per heavy atom. The maximum absolute atomic E-state index is 11.1. The Kier molecular flexibility index (Phi) is 1.58. The van der Waals surface area contributed by atoms with Crippen molar-refractivity contribution in [1.82, 2.24) is 4.98 Å². The molecule has 0 atom stereocenters. The Morgan fingerprint density at radius 3 is 3.23 bits per heavy atom. The number of nitrogen functional groups attached to an aromatic ring is 1. The molecule has 0 radical (unpaired) electrons. The van der Waals surface area contributed by atoms with E-state index in [9.17, 15) is 4.79 Å². The van der Waals surface area contributed by atoms with Gasteiger partial charge in [0.1, 0.15) is 0 Å². The fraction of sp³-hybridized carbons (Fsp3) is 0.250. The zero-order valence-corrected chi connectivity index (χ0v) is 7.24. The molecule has 1 aliphatic rings. The smallest absolute Gasteiger partial charge is 0.244 e. The van der Waals surface area contributed by atoms with Gasteiger partial charge in [-0.25, -0.2) is 4.98 Å². The quantitative estimate of drug-likeness (QED) is 0.589. The van der Waals surface area contributed by atoms with E-state index in [2.05, 4.69) is 10.3 Å². The normalized spacial score (nSPS) is 15.2. The van der Waals surface area contributed by atoms with Crippen molar-refractivity contribution in [3.8, 4) is 0 Å². The van der Waals surface area contributed by atoms with Gasteiger partial charge in [-0.3, -0.25) is 4.79 Å². The van der Waals surface area contributed by atoms with Crippen molar-refractivity contribution in [3.05, 3.63) is 12.3 Å². The van der Waals surface area contributed by atoms with Gasteiger partial charge in [0.25, 0.3) is 0 Å². The second-order valence-electron chi connectivity index (χ2n) is 3.04.